The van der Waals surface area contributed by atoms with Crippen LogP contribution in [0, 0.1) is 11.7 Å². The Kier molecular flexibility index (Phi) is 6.18. The van der Waals surface area contributed by atoms with E-state index >= 15 is 0 Å². The Morgan fingerprint density at radius 2 is 1.59 bits per heavy atom. The minimum atomic E-state index is -0.330. The van der Waals surface area contributed by atoms with Crippen LogP contribution < -0.4 is 10.2 Å². The van der Waals surface area contributed by atoms with Gasteiger partial charge in [0.15, 0.2) is 0 Å². The molecule has 0 bridgehead atoms. The van der Waals surface area contributed by atoms with Gasteiger partial charge in [-0.15, -0.1) is 0 Å². The molecule has 1 aliphatic carbocycles. The maximum atomic E-state index is 13.6. The lowest BCUT2D eigenvalue weighted by atomic mass is 9.72. The number of rotatable bonds is 5. The Labute approximate surface area is 200 Å². The third-order valence-corrected chi connectivity index (χ3v) is 7.14. The SMILES string of the molecule is CCN(CC)c1ccc([C@H]2Nc3ccccc3N=C3C[C@@H](c4ccc(F)cc4)CC(=O)[C@@H]32)cc1. The van der Waals surface area contributed by atoms with Crippen LogP contribution >= 0.6 is 0 Å². The first-order chi connectivity index (χ1) is 16.6. The topological polar surface area (TPSA) is 44.7 Å². The monoisotopic (exact) mass is 455 g/mol. The maximum absolute atomic E-state index is 13.6. The number of anilines is 2. The van der Waals surface area contributed by atoms with Crippen molar-refractivity contribution in [2.24, 2.45) is 10.9 Å². The van der Waals surface area contributed by atoms with E-state index in [1.54, 1.807) is 12.1 Å². The second-order valence-corrected chi connectivity index (χ2v) is 9.11. The second kappa shape index (κ2) is 9.41. The molecule has 5 rings (SSSR count). The Morgan fingerprint density at radius 3 is 2.29 bits per heavy atom. The fourth-order valence-electron chi connectivity index (χ4n) is 5.33. The summed E-state index contributed by atoms with van der Waals surface area (Å²) in [7, 11) is 0. The van der Waals surface area contributed by atoms with E-state index in [1.807, 2.05) is 24.3 Å². The first-order valence-corrected chi connectivity index (χ1v) is 12.1. The molecule has 0 spiro atoms. The van der Waals surface area contributed by atoms with Crippen molar-refractivity contribution in [3.05, 3.63) is 89.7 Å². The van der Waals surface area contributed by atoms with Crippen molar-refractivity contribution in [1.82, 2.24) is 0 Å². The summed E-state index contributed by atoms with van der Waals surface area (Å²) in [5.74, 6) is -0.401. The highest BCUT2D eigenvalue weighted by atomic mass is 19.1. The summed E-state index contributed by atoms with van der Waals surface area (Å²) in [6.07, 6.45) is 1.12. The molecule has 0 saturated heterocycles. The van der Waals surface area contributed by atoms with Crippen molar-refractivity contribution in [3.8, 4) is 0 Å². The molecule has 34 heavy (non-hydrogen) atoms. The van der Waals surface area contributed by atoms with E-state index in [0.29, 0.717) is 12.8 Å². The standard InChI is InChI=1S/C29H30FN3O/c1-3-33(4-2)23-15-11-20(12-16-23)29-28-26(31-24-7-5-6-8-25(24)32-29)17-21(18-27(28)34)19-9-13-22(30)14-10-19/h5-16,21,28-29,32H,3-4,17-18H2,1-2H3/t21-,28-,29-/m1/s1. The van der Waals surface area contributed by atoms with Crippen molar-refractivity contribution in [2.75, 3.05) is 23.3 Å². The first kappa shape index (κ1) is 22.3. The molecule has 0 radical (unpaired) electrons. The minimum Gasteiger partial charge on any atom is -0.375 e. The smallest absolute Gasteiger partial charge is 0.144 e. The van der Waals surface area contributed by atoms with E-state index in [2.05, 4.69) is 48.3 Å². The van der Waals surface area contributed by atoms with Gasteiger partial charge in [0.2, 0.25) is 0 Å². The lowest BCUT2D eigenvalue weighted by Crippen LogP contribution is -2.38. The van der Waals surface area contributed by atoms with Gasteiger partial charge in [-0.25, -0.2) is 4.39 Å². The van der Waals surface area contributed by atoms with E-state index in [-0.39, 0.29) is 29.5 Å². The highest BCUT2D eigenvalue weighted by Gasteiger charge is 2.41. The Hall–Kier alpha value is -3.47. The zero-order valence-electron chi connectivity index (χ0n) is 19.7. The van der Waals surface area contributed by atoms with Crippen molar-refractivity contribution in [1.29, 1.82) is 0 Å². The number of carbonyl (C=O) groups excluding carboxylic acids is 1. The largest absolute Gasteiger partial charge is 0.375 e. The molecule has 4 nitrogen and oxygen atoms in total. The highest BCUT2D eigenvalue weighted by molar-refractivity contribution is 6.10. The average Bonchev–Trinajstić information content (AvgIpc) is 3.02. The maximum Gasteiger partial charge on any atom is 0.144 e. The lowest BCUT2D eigenvalue weighted by Gasteiger charge is -2.34. The zero-order valence-corrected chi connectivity index (χ0v) is 19.7. The van der Waals surface area contributed by atoms with Gasteiger partial charge in [0.1, 0.15) is 11.6 Å². The van der Waals surface area contributed by atoms with Gasteiger partial charge in [-0.3, -0.25) is 9.79 Å². The minimum absolute atomic E-state index is 0.0130. The number of carbonyl (C=O) groups is 1. The molecule has 3 atom stereocenters. The van der Waals surface area contributed by atoms with Crippen molar-refractivity contribution >= 4 is 28.6 Å². The van der Waals surface area contributed by atoms with Gasteiger partial charge < -0.3 is 10.2 Å². The number of nitrogens with zero attached hydrogens (tertiary/aromatic N) is 2. The van der Waals surface area contributed by atoms with E-state index in [0.717, 1.165) is 41.3 Å². The number of para-hydroxylation sites is 2. The van der Waals surface area contributed by atoms with Gasteiger partial charge in [0.25, 0.3) is 0 Å². The molecule has 3 aromatic rings. The number of benzene rings is 3. The van der Waals surface area contributed by atoms with Crippen molar-refractivity contribution in [2.45, 2.75) is 38.6 Å². The quantitative estimate of drug-likeness (QED) is 0.467. The van der Waals surface area contributed by atoms with Gasteiger partial charge in [-0.2, -0.15) is 0 Å². The number of hydrogen-bond acceptors (Lipinski definition) is 4. The number of hydrogen-bond donors (Lipinski definition) is 1. The average molecular weight is 456 g/mol. The fraction of sp³-hybridized carbons (Fsp3) is 0.310. The van der Waals surface area contributed by atoms with Crippen LogP contribution in [0.3, 0.4) is 0 Å². The van der Waals surface area contributed by atoms with Crippen LogP contribution in [0.5, 0.6) is 0 Å². The van der Waals surface area contributed by atoms with Crippen LogP contribution in [0.15, 0.2) is 77.8 Å². The molecule has 3 aromatic carbocycles. The van der Waals surface area contributed by atoms with Crippen LogP contribution in [-0.4, -0.2) is 24.6 Å². The van der Waals surface area contributed by atoms with Crippen LogP contribution in [0.4, 0.5) is 21.5 Å². The van der Waals surface area contributed by atoms with Crippen molar-refractivity contribution in [3.63, 3.8) is 0 Å². The zero-order chi connectivity index (χ0) is 23.7. The molecule has 5 heteroatoms. The van der Waals surface area contributed by atoms with Gasteiger partial charge in [-0.05, 0) is 73.7 Å². The van der Waals surface area contributed by atoms with Gasteiger partial charge >= 0.3 is 0 Å². The number of fused-ring (bicyclic) bond motifs is 2. The molecule has 0 unspecified atom stereocenters. The van der Waals surface area contributed by atoms with Crippen LogP contribution in [0.2, 0.25) is 0 Å². The number of nitrogens with one attached hydrogen (secondary N) is 1. The summed E-state index contributed by atoms with van der Waals surface area (Å²) >= 11 is 0. The third-order valence-electron chi connectivity index (χ3n) is 7.14. The molecule has 1 saturated carbocycles. The van der Waals surface area contributed by atoms with E-state index in [9.17, 15) is 9.18 Å². The predicted molar refractivity (Wildman–Crippen MR) is 137 cm³/mol. The Morgan fingerprint density at radius 1 is 0.912 bits per heavy atom. The summed E-state index contributed by atoms with van der Waals surface area (Å²) in [6.45, 7) is 6.21. The summed E-state index contributed by atoms with van der Waals surface area (Å²) in [6, 6.07) is 22.9. The van der Waals surface area contributed by atoms with E-state index in [1.165, 1.54) is 17.8 Å². The number of ketones is 1. The highest BCUT2D eigenvalue weighted by Crippen LogP contribution is 2.44. The molecular formula is C29H30FN3O. The van der Waals surface area contributed by atoms with E-state index in [4.69, 9.17) is 4.99 Å². The molecule has 1 fully saturated rings. The Bertz CT molecular complexity index is 1200. The fourth-order valence-corrected chi connectivity index (χ4v) is 5.33. The predicted octanol–water partition coefficient (Wildman–Crippen LogP) is 6.67. The van der Waals surface area contributed by atoms with Gasteiger partial charge in [-0.1, -0.05) is 36.4 Å². The van der Waals surface area contributed by atoms with Crippen LogP contribution in [0.1, 0.15) is 49.8 Å². The first-order valence-electron chi connectivity index (χ1n) is 12.1. The molecule has 0 amide bonds. The molecule has 0 aromatic heterocycles. The second-order valence-electron chi connectivity index (χ2n) is 9.11. The molecule has 1 heterocycles. The number of halogens is 1. The normalized spacial score (nSPS) is 21.6. The summed E-state index contributed by atoms with van der Waals surface area (Å²) in [5.41, 5.74) is 5.95. The molecule has 174 valence electrons. The molecular weight excluding hydrogens is 425 g/mol. The molecule has 1 N–H and O–H groups in total. The lowest BCUT2D eigenvalue weighted by molar-refractivity contribution is -0.122. The summed E-state index contributed by atoms with van der Waals surface area (Å²) in [5, 5.41) is 3.65. The summed E-state index contributed by atoms with van der Waals surface area (Å²) < 4.78 is 13.5. The van der Waals surface area contributed by atoms with Gasteiger partial charge in [0.05, 0.1) is 23.3 Å². The molecule has 2 aliphatic rings. The molecule has 1 aliphatic heterocycles. The van der Waals surface area contributed by atoms with Crippen LogP contribution in [0.25, 0.3) is 0 Å². The third kappa shape index (κ3) is 4.23. The van der Waals surface area contributed by atoms with Crippen molar-refractivity contribution < 1.29 is 9.18 Å². The number of Topliss-reactive ketones (excluding diaryl/α,β-unsaturated/α-hetero) is 1. The summed E-state index contributed by atoms with van der Waals surface area (Å²) in [4.78, 5) is 20.9. The Balaban J connectivity index is 1.53. The number of aliphatic imine (C=N–C) groups is 1. The van der Waals surface area contributed by atoms with Crippen LogP contribution in [-0.2, 0) is 4.79 Å². The van der Waals surface area contributed by atoms with Gasteiger partial charge in [0, 0.05) is 30.9 Å². The van der Waals surface area contributed by atoms with E-state index < -0.39 is 0 Å².